The Bertz CT molecular complexity index is 1520. The fraction of sp³-hybridized carbons (Fsp3) is 0.160. The number of imidazole rings is 1. The lowest BCUT2D eigenvalue weighted by Crippen LogP contribution is -2.29. The molecule has 8 heteroatoms. The number of carbonyl (C=O) groups is 1. The molecule has 0 spiro atoms. The van der Waals surface area contributed by atoms with Gasteiger partial charge in [0.25, 0.3) is 0 Å². The van der Waals surface area contributed by atoms with Crippen molar-refractivity contribution >= 4 is 27.8 Å². The third-order valence-corrected chi connectivity index (χ3v) is 5.75. The summed E-state index contributed by atoms with van der Waals surface area (Å²) >= 11 is 0. The number of furan rings is 1. The molecule has 2 aromatic carbocycles. The van der Waals surface area contributed by atoms with Crippen molar-refractivity contribution in [2.45, 2.75) is 19.8 Å². The van der Waals surface area contributed by atoms with Crippen molar-refractivity contribution in [3.8, 4) is 11.1 Å². The minimum absolute atomic E-state index is 0.0820. The number of nitrogens with one attached hydrogen (secondary N) is 2. The molecule has 0 aliphatic rings. The lowest BCUT2D eigenvalue weighted by molar-refractivity contribution is -0.120. The number of hydrogen-bond acceptors (Lipinski definition) is 5. The van der Waals surface area contributed by atoms with Crippen molar-refractivity contribution in [1.82, 2.24) is 15.3 Å². The number of aromatic nitrogens is 2. The zero-order valence-electron chi connectivity index (χ0n) is 17.8. The molecule has 0 radical (unpaired) electrons. The van der Waals surface area contributed by atoms with Gasteiger partial charge in [0, 0.05) is 47.3 Å². The molecule has 0 unspecified atom stereocenters. The predicted molar refractivity (Wildman–Crippen MR) is 121 cm³/mol. The summed E-state index contributed by atoms with van der Waals surface area (Å²) in [5.41, 5.74) is 3.90. The molecule has 0 saturated heterocycles. The Morgan fingerprint density at radius 1 is 1.15 bits per heavy atom. The molecular formula is C25H20FN3O4. The van der Waals surface area contributed by atoms with E-state index < -0.39 is 5.63 Å². The van der Waals surface area contributed by atoms with Gasteiger partial charge in [0.05, 0.1) is 24.6 Å². The predicted octanol–water partition coefficient (Wildman–Crippen LogP) is 4.28. The van der Waals surface area contributed by atoms with Crippen LogP contribution in [-0.2, 0) is 17.6 Å². The van der Waals surface area contributed by atoms with E-state index in [0.717, 1.165) is 22.2 Å². The SMILES string of the molecule is Cc1c(CC(=O)NCCc2cnc[nH]2)c(=O)oc2cc3occ(-c4ccc(F)cc4)c3cc12. The number of nitrogens with zero attached hydrogens (tertiary/aromatic N) is 1. The number of amides is 1. The van der Waals surface area contributed by atoms with Crippen molar-refractivity contribution < 1.29 is 18.0 Å². The maximum atomic E-state index is 13.3. The Kier molecular flexibility index (Phi) is 5.26. The van der Waals surface area contributed by atoms with Gasteiger partial charge in [-0.25, -0.2) is 14.2 Å². The molecule has 3 heterocycles. The number of H-pyrrole nitrogens is 1. The molecule has 3 aromatic heterocycles. The average molecular weight is 445 g/mol. The van der Waals surface area contributed by atoms with Gasteiger partial charge in [0.2, 0.25) is 5.91 Å². The molecule has 5 rings (SSSR count). The first-order valence-corrected chi connectivity index (χ1v) is 10.5. The standard InChI is InChI=1S/C25H20FN3O4/c1-14-18-8-20-21(15-2-4-16(26)5-3-15)12-32-22(20)10-23(18)33-25(31)19(14)9-24(30)28-7-6-17-11-27-13-29-17/h2-5,8,10-13H,6-7,9H2,1H3,(H,27,29)(H,28,30). The Balaban J connectivity index is 1.46. The average Bonchev–Trinajstić information content (AvgIpc) is 3.46. The van der Waals surface area contributed by atoms with Crippen LogP contribution in [0, 0.1) is 12.7 Å². The van der Waals surface area contributed by atoms with Crippen LogP contribution < -0.4 is 10.9 Å². The van der Waals surface area contributed by atoms with Gasteiger partial charge in [-0.1, -0.05) is 12.1 Å². The van der Waals surface area contributed by atoms with E-state index in [9.17, 15) is 14.0 Å². The van der Waals surface area contributed by atoms with Gasteiger partial charge < -0.3 is 19.1 Å². The molecule has 33 heavy (non-hydrogen) atoms. The highest BCUT2D eigenvalue weighted by atomic mass is 19.1. The van der Waals surface area contributed by atoms with Crippen molar-refractivity contribution in [2.24, 2.45) is 0 Å². The van der Waals surface area contributed by atoms with Gasteiger partial charge in [0.1, 0.15) is 17.0 Å². The monoisotopic (exact) mass is 445 g/mol. The van der Waals surface area contributed by atoms with E-state index >= 15 is 0 Å². The zero-order chi connectivity index (χ0) is 22.9. The molecule has 0 atom stereocenters. The molecule has 0 fully saturated rings. The van der Waals surface area contributed by atoms with Crippen molar-refractivity contribution in [1.29, 1.82) is 0 Å². The van der Waals surface area contributed by atoms with Crippen LogP contribution in [0.3, 0.4) is 0 Å². The first kappa shape index (κ1) is 20.7. The molecule has 0 bridgehead atoms. The number of benzene rings is 2. The van der Waals surface area contributed by atoms with Crippen molar-refractivity contribution in [3.05, 3.63) is 88.2 Å². The Morgan fingerprint density at radius 3 is 2.73 bits per heavy atom. The fourth-order valence-corrected chi connectivity index (χ4v) is 3.95. The minimum atomic E-state index is -0.548. The zero-order valence-corrected chi connectivity index (χ0v) is 17.8. The van der Waals surface area contributed by atoms with Crippen LogP contribution >= 0.6 is 0 Å². The number of aromatic amines is 1. The second kappa shape index (κ2) is 8.38. The van der Waals surface area contributed by atoms with Gasteiger partial charge in [-0.15, -0.1) is 0 Å². The third-order valence-electron chi connectivity index (χ3n) is 5.75. The van der Waals surface area contributed by atoms with Gasteiger partial charge >= 0.3 is 5.63 Å². The van der Waals surface area contributed by atoms with E-state index in [1.807, 2.05) is 6.07 Å². The summed E-state index contributed by atoms with van der Waals surface area (Å²) in [6, 6.07) is 9.69. The normalized spacial score (nSPS) is 11.3. The summed E-state index contributed by atoms with van der Waals surface area (Å²) in [5, 5.41) is 4.34. The topological polar surface area (TPSA) is 101 Å². The second-order valence-electron chi connectivity index (χ2n) is 7.85. The van der Waals surface area contributed by atoms with Gasteiger partial charge in [-0.3, -0.25) is 4.79 Å². The van der Waals surface area contributed by atoms with Crippen LogP contribution in [0.1, 0.15) is 16.8 Å². The highest BCUT2D eigenvalue weighted by Gasteiger charge is 2.18. The van der Waals surface area contributed by atoms with E-state index in [1.165, 1.54) is 12.1 Å². The van der Waals surface area contributed by atoms with Crippen LogP contribution in [0.2, 0.25) is 0 Å². The largest absolute Gasteiger partial charge is 0.464 e. The molecule has 7 nitrogen and oxygen atoms in total. The van der Waals surface area contributed by atoms with Crippen LogP contribution in [-0.4, -0.2) is 22.4 Å². The lowest BCUT2D eigenvalue weighted by Gasteiger charge is -2.09. The quantitative estimate of drug-likeness (QED) is 0.380. The number of carbonyl (C=O) groups excluding carboxylic acids is 1. The third kappa shape index (κ3) is 4.03. The highest BCUT2D eigenvalue weighted by Crippen LogP contribution is 2.34. The van der Waals surface area contributed by atoms with Gasteiger partial charge in [0.15, 0.2) is 0 Å². The van der Waals surface area contributed by atoms with Crippen molar-refractivity contribution in [2.75, 3.05) is 6.54 Å². The van der Waals surface area contributed by atoms with Crippen LogP contribution in [0.15, 0.2) is 68.8 Å². The van der Waals surface area contributed by atoms with Crippen LogP contribution in [0.5, 0.6) is 0 Å². The highest BCUT2D eigenvalue weighted by molar-refractivity contribution is 6.02. The Labute approximate surface area is 187 Å². The van der Waals surface area contributed by atoms with E-state index in [4.69, 9.17) is 8.83 Å². The summed E-state index contributed by atoms with van der Waals surface area (Å²) in [5.74, 6) is -0.581. The number of aryl methyl sites for hydroxylation is 1. The van der Waals surface area contributed by atoms with Gasteiger partial charge in [-0.2, -0.15) is 0 Å². The summed E-state index contributed by atoms with van der Waals surface area (Å²) < 4.78 is 24.5. The molecular weight excluding hydrogens is 425 g/mol. The first-order valence-electron chi connectivity index (χ1n) is 10.5. The minimum Gasteiger partial charge on any atom is -0.464 e. The Morgan fingerprint density at radius 2 is 1.97 bits per heavy atom. The summed E-state index contributed by atoms with van der Waals surface area (Å²) in [7, 11) is 0. The fourth-order valence-electron chi connectivity index (χ4n) is 3.95. The van der Waals surface area contributed by atoms with Crippen LogP contribution in [0.25, 0.3) is 33.1 Å². The first-order chi connectivity index (χ1) is 16.0. The molecule has 0 saturated carbocycles. The van der Waals surface area contributed by atoms with Crippen LogP contribution in [0.4, 0.5) is 4.39 Å². The van der Waals surface area contributed by atoms with Crippen molar-refractivity contribution in [3.63, 3.8) is 0 Å². The molecule has 166 valence electrons. The molecule has 0 aliphatic carbocycles. The van der Waals surface area contributed by atoms with E-state index in [0.29, 0.717) is 40.6 Å². The van der Waals surface area contributed by atoms with E-state index in [1.54, 1.807) is 43.9 Å². The Hall–Kier alpha value is -4.20. The van der Waals surface area contributed by atoms with E-state index in [2.05, 4.69) is 15.3 Å². The lowest BCUT2D eigenvalue weighted by atomic mass is 9.99. The molecule has 5 aromatic rings. The number of rotatable bonds is 6. The second-order valence-corrected chi connectivity index (χ2v) is 7.85. The maximum Gasteiger partial charge on any atom is 0.340 e. The molecule has 0 aliphatic heterocycles. The van der Waals surface area contributed by atoms with E-state index in [-0.39, 0.29) is 18.1 Å². The molecule has 2 N–H and O–H groups in total. The van der Waals surface area contributed by atoms with Gasteiger partial charge in [-0.05, 0) is 36.2 Å². The number of fused-ring (bicyclic) bond motifs is 2. The maximum absolute atomic E-state index is 13.3. The summed E-state index contributed by atoms with van der Waals surface area (Å²) in [6.07, 6.45) is 5.41. The number of hydrogen-bond donors (Lipinski definition) is 2. The smallest absolute Gasteiger partial charge is 0.340 e. The number of halogens is 1. The summed E-state index contributed by atoms with van der Waals surface area (Å²) in [6.45, 7) is 2.23. The summed E-state index contributed by atoms with van der Waals surface area (Å²) in [4.78, 5) is 32.0. The molecule has 1 amide bonds.